The summed E-state index contributed by atoms with van der Waals surface area (Å²) in [6.45, 7) is 3.68. The summed E-state index contributed by atoms with van der Waals surface area (Å²) in [5.74, 6) is -0.608. The van der Waals surface area contributed by atoms with Crippen molar-refractivity contribution in [2.45, 2.75) is 223 Å². The Balaban J connectivity index is 2.63. The van der Waals surface area contributed by atoms with E-state index in [1.807, 2.05) is 6.08 Å². The number of phosphoric ester groups is 1. The maximum absolute atomic E-state index is 13.0. The predicted molar refractivity (Wildman–Crippen MR) is 224 cm³/mol. The molecule has 8 atom stereocenters. The van der Waals surface area contributed by atoms with E-state index in [4.69, 9.17) is 9.05 Å². The minimum atomic E-state index is -5.15. The van der Waals surface area contributed by atoms with Gasteiger partial charge in [-0.2, -0.15) is 0 Å². The Hall–Kier alpha value is -1.48. The first-order valence-corrected chi connectivity index (χ1v) is 23.5. The van der Waals surface area contributed by atoms with E-state index in [1.54, 1.807) is 6.08 Å². The summed E-state index contributed by atoms with van der Waals surface area (Å²) in [6, 6.07) is -1.26. The summed E-state index contributed by atoms with van der Waals surface area (Å²) in [4.78, 5) is 23.4. The summed E-state index contributed by atoms with van der Waals surface area (Å²) in [6.07, 6.45) is 22.4. The lowest BCUT2D eigenvalue weighted by Crippen LogP contribution is -2.64. The molecule has 0 aromatic rings. The van der Waals surface area contributed by atoms with Crippen molar-refractivity contribution in [3.63, 3.8) is 0 Å². The van der Waals surface area contributed by atoms with Crippen LogP contribution in [0.2, 0.25) is 0 Å². The van der Waals surface area contributed by atoms with Crippen LogP contribution >= 0.6 is 7.82 Å². The van der Waals surface area contributed by atoms with Gasteiger partial charge in [-0.25, -0.2) is 4.57 Å². The second-order valence-electron chi connectivity index (χ2n) is 15.7. The van der Waals surface area contributed by atoms with Crippen molar-refractivity contribution in [2.75, 3.05) is 6.61 Å². The van der Waals surface area contributed by atoms with Crippen molar-refractivity contribution in [2.24, 2.45) is 0 Å². The van der Waals surface area contributed by atoms with Gasteiger partial charge in [-0.05, 0) is 44.9 Å². The number of nitrogens with one attached hydrogen (secondary N) is 1. The van der Waals surface area contributed by atoms with E-state index in [1.165, 1.54) is 89.5 Å². The molecule has 8 unspecified atom stereocenters. The molecule has 1 fully saturated rings. The lowest BCUT2D eigenvalue weighted by Gasteiger charge is -2.41. The topological polar surface area (TPSA) is 226 Å². The largest absolute Gasteiger partial charge is 0.472 e. The quantitative estimate of drug-likeness (QED) is 0.0187. The average Bonchev–Trinajstić information content (AvgIpc) is 3.18. The van der Waals surface area contributed by atoms with E-state index in [2.05, 4.69) is 37.4 Å². The minimum Gasteiger partial charge on any atom is -0.393 e. The number of allylic oxidation sites excluding steroid dienone is 5. The Kier molecular flexibility index (Phi) is 31.2. The van der Waals surface area contributed by atoms with Crippen molar-refractivity contribution < 1.29 is 59.0 Å². The molecule has 0 spiro atoms. The first-order valence-electron chi connectivity index (χ1n) is 22.0. The zero-order chi connectivity index (χ0) is 42.3. The third kappa shape index (κ3) is 25.7. The molecule has 0 saturated heterocycles. The molecule has 0 aromatic heterocycles. The monoisotopic (exact) mass is 834 g/mol. The van der Waals surface area contributed by atoms with Crippen LogP contribution in [0.1, 0.15) is 168 Å². The molecule has 334 valence electrons. The van der Waals surface area contributed by atoms with Crippen LogP contribution in [0.4, 0.5) is 0 Å². The van der Waals surface area contributed by atoms with Crippen LogP contribution in [0.5, 0.6) is 0 Å². The molecule has 9 N–H and O–H groups in total. The number of aliphatic hydroxyl groups is 7. The average molecular weight is 834 g/mol. The molecular weight excluding hydrogens is 753 g/mol. The number of hydrogen-bond acceptors (Lipinski definition) is 11. The molecular formula is C43H80NO12P. The van der Waals surface area contributed by atoms with Crippen LogP contribution in [-0.2, 0) is 18.4 Å². The number of carbonyl (C=O) groups excluding carboxylic acids is 1. The summed E-state index contributed by atoms with van der Waals surface area (Å²) in [7, 11) is -5.15. The van der Waals surface area contributed by atoms with Gasteiger partial charge in [-0.3, -0.25) is 13.8 Å². The van der Waals surface area contributed by atoms with Crippen molar-refractivity contribution in [1.29, 1.82) is 0 Å². The van der Waals surface area contributed by atoms with Crippen molar-refractivity contribution in [1.82, 2.24) is 5.32 Å². The van der Waals surface area contributed by atoms with Crippen molar-refractivity contribution >= 4 is 13.7 Å². The van der Waals surface area contributed by atoms with Gasteiger partial charge in [0, 0.05) is 0 Å². The Morgan fingerprint density at radius 1 is 0.614 bits per heavy atom. The van der Waals surface area contributed by atoms with Gasteiger partial charge in [0.05, 0.1) is 31.3 Å². The van der Waals surface area contributed by atoms with Gasteiger partial charge in [0.1, 0.15) is 36.6 Å². The fraction of sp³-hybridized carbons (Fsp3) is 0.837. The molecule has 1 amide bonds. The van der Waals surface area contributed by atoms with Crippen LogP contribution in [0, 0.1) is 0 Å². The molecule has 1 aliphatic carbocycles. The van der Waals surface area contributed by atoms with Gasteiger partial charge in [-0.15, -0.1) is 0 Å². The van der Waals surface area contributed by atoms with E-state index in [0.29, 0.717) is 19.3 Å². The molecule has 57 heavy (non-hydrogen) atoms. The first-order chi connectivity index (χ1) is 27.3. The molecule has 0 radical (unpaired) electrons. The molecule has 1 aliphatic rings. The Morgan fingerprint density at radius 3 is 1.54 bits per heavy atom. The highest BCUT2D eigenvalue weighted by Crippen LogP contribution is 2.47. The van der Waals surface area contributed by atoms with Crippen LogP contribution in [0.25, 0.3) is 0 Å². The lowest BCUT2D eigenvalue weighted by atomic mass is 9.85. The van der Waals surface area contributed by atoms with E-state index in [0.717, 1.165) is 44.9 Å². The molecule has 1 saturated carbocycles. The third-order valence-corrected chi connectivity index (χ3v) is 11.4. The predicted octanol–water partition coefficient (Wildman–Crippen LogP) is 6.58. The van der Waals surface area contributed by atoms with Crippen molar-refractivity contribution in [3.05, 3.63) is 36.5 Å². The highest BCUT2D eigenvalue weighted by molar-refractivity contribution is 7.47. The number of aliphatic hydroxyl groups excluding tert-OH is 7. The SMILES string of the molecule is CCCCCC/C=C/CC/C=C/CC/C=C/C(O)C(COP(=O)(O)OC1C(O)C(O)C(O)C(O)C1O)NC(=O)CC(O)CCCCCCCCCCCCCCC. The summed E-state index contributed by atoms with van der Waals surface area (Å²) in [5.41, 5.74) is 0. The number of phosphoric acid groups is 1. The number of carbonyl (C=O) groups is 1. The maximum atomic E-state index is 13.0. The second-order valence-corrected chi connectivity index (χ2v) is 17.1. The summed E-state index contributed by atoms with van der Waals surface area (Å²) in [5, 5.41) is 74.2. The maximum Gasteiger partial charge on any atom is 0.472 e. The van der Waals surface area contributed by atoms with Crippen molar-refractivity contribution in [3.8, 4) is 0 Å². The van der Waals surface area contributed by atoms with E-state index >= 15 is 0 Å². The van der Waals surface area contributed by atoms with Crippen LogP contribution in [0.15, 0.2) is 36.5 Å². The number of hydrogen-bond donors (Lipinski definition) is 9. The Bertz CT molecular complexity index is 1120. The van der Waals surface area contributed by atoms with Gasteiger partial charge in [0.2, 0.25) is 5.91 Å². The fourth-order valence-corrected chi connectivity index (χ4v) is 7.77. The van der Waals surface area contributed by atoms with E-state index in [9.17, 15) is 50.0 Å². The van der Waals surface area contributed by atoms with Gasteiger partial charge >= 0.3 is 7.82 Å². The Labute approximate surface area is 343 Å². The number of unbranched alkanes of at least 4 members (excludes halogenated alkanes) is 18. The molecule has 1 rings (SSSR count). The minimum absolute atomic E-state index is 0.254. The van der Waals surface area contributed by atoms with Crippen LogP contribution in [-0.4, -0.2) is 108 Å². The standard InChI is InChI=1S/C43H80NO12P/c1-3-5-7-9-11-13-15-17-19-21-23-25-27-29-31-36(46)35(33-55-57(53,54)56-43-41(51)39(49)38(48)40(50)42(43)52)44-37(47)32-34(45)30-28-26-24-22-20-18-16-14-12-10-8-6-4-2/h13,15,21,23,29,31,34-36,38-43,45-46,48-52H,3-12,14,16-20,22,24-28,30,32-33H2,1-2H3,(H,44,47)(H,53,54)/b15-13+,23-21+,31-29+. The molecule has 14 heteroatoms. The lowest BCUT2D eigenvalue weighted by molar-refractivity contribution is -0.220. The first kappa shape index (κ1) is 53.5. The third-order valence-electron chi connectivity index (χ3n) is 10.5. The zero-order valence-electron chi connectivity index (χ0n) is 35.0. The molecule has 0 heterocycles. The molecule has 13 nitrogen and oxygen atoms in total. The molecule has 0 aliphatic heterocycles. The summed E-state index contributed by atoms with van der Waals surface area (Å²) >= 11 is 0. The Morgan fingerprint density at radius 2 is 1.04 bits per heavy atom. The van der Waals surface area contributed by atoms with Gasteiger partial charge in [-0.1, -0.05) is 153 Å². The highest BCUT2D eigenvalue weighted by atomic mass is 31.2. The number of amides is 1. The van der Waals surface area contributed by atoms with Crippen LogP contribution in [0.3, 0.4) is 0 Å². The normalized spacial score (nSPS) is 24.3. The number of rotatable bonds is 35. The highest BCUT2D eigenvalue weighted by Gasteiger charge is 2.51. The van der Waals surface area contributed by atoms with E-state index in [-0.39, 0.29) is 6.42 Å². The van der Waals surface area contributed by atoms with Gasteiger partial charge in [0.15, 0.2) is 0 Å². The van der Waals surface area contributed by atoms with Crippen LogP contribution < -0.4 is 5.32 Å². The van der Waals surface area contributed by atoms with E-state index < -0.39 is 75.2 Å². The van der Waals surface area contributed by atoms with Gasteiger partial charge < -0.3 is 46.0 Å². The molecule has 0 bridgehead atoms. The zero-order valence-corrected chi connectivity index (χ0v) is 35.9. The second kappa shape index (κ2) is 33.3. The summed E-state index contributed by atoms with van der Waals surface area (Å²) < 4.78 is 22.8. The fourth-order valence-electron chi connectivity index (χ4n) is 6.80. The van der Waals surface area contributed by atoms with Gasteiger partial charge in [0.25, 0.3) is 0 Å². The smallest absolute Gasteiger partial charge is 0.393 e. The molecule has 0 aromatic carbocycles.